The molecule has 0 radical (unpaired) electrons. The van der Waals surface area contributed by atoms with E-state index in [0.717, 1.165) is 5.56 Å². The molecule has 0 fully saturated rings. The van der Waals surface area contributed by atoms with Gasteiger partial charge in [0.2, 0.25) is 0 Å². The molecule has 0 atom stereocenters. The monoisotopic (exact) mass is 326 g/mol. The number of hydrogen-bond acceptors (Lipinski definition) is 3. The molecule has 2 amide bonds. The lowest BCUT2D eigenvalue weighted by molar-refractivity contribution is -0.133. The third-order valence-electron chi connectivity index (χ3n) is 3.54. The molecule has 126 valence electrons. The van der Waals surface area contributed by atoms with Crippen LogP contribution in [-0.2, 0) is 15.0 Å². The predicted molar refractivity (Wildman–Crippen MR) is 95.4 cm³/mol. The van der Waals surface area contributed by atoms with E-state index in [9.17, 15) is 9.59 Å². The first-order valence-electron chi connectivity index (χ1n) is 7.67. The lowest BCUT2D eigenvalue weighted by atomic mass is 9.86. The largest absolute Gasteiger partial charge is 0.497 e. The third-order valence-corrected chi connectivity index (χ3v) is 3.54. The van der Waals surface area contributed by atoms with Gasteiger partial charge in [-0.05, 0) is 41.3 Å². The van der Waals surface area contributed by atoms with Crippen molar-refractivity contribution >= 4 is 23.2 Å². The average molecular weight is 326 g/mol. The normalized spacial score (nSPS) is 10.8. The minimum atomic E-state index is -0.719. The van der Waals surface area contributed by atoms with Gasteiger partial charge in [0.05, 0.1) is 7.11 Å². The van der Waals surface area contributed by atoms with Crippen molar-refractivity contribution in [2.45, 2.75) is 26.2 Å². The first-order chi connectivity index (χ1) is 11.3. The van der Waals surface area contributed by atoms with Gasteiger partial charge in [-0.2, -0.15) is 0 Å². The Morgan fingerprint density at radius 2 is 1.46 bits per heavy atom. The van der Waals surface area contributed by atoms with Gasteiger partial charge in [-0.3, -0.25) is 9.59 Å². The zero-order valence-corrected chi connectivity index (χ0v) is 14.3. The summed E-state index contributed by atoms with van der Waals surface area (Å²) >= 11 is 0. The van der Waals surface area contributed by atoms with Crippen LogP contribution in [0.15, 0.2) is 48.5 Å². The molecule has 2 rings (SSSR count). The van der Waals surface area contributed by atoms with E-state index in [1.165, 1.54) is 0 Å². The Kier molecular flexibility index (Phi) is 5.24. The summed E-state index contributed by atoms with van der Waals surface area (Å²) in [5.74, 6) is -0.747. The fourth-order valence-electron chi connectivity index (χ4n) is 2.29. The molecule has 2 N–H and O–H groups in total. The molecule has 0 aliphatic carbocycles. The number of ether oxygens (including phenoxy) is 1. The van der Waals surface area contributed by atoms with Crippen molar-refractivity contribution in [1.82, 2.24) is 0 Å². The van der Waals surface area contributed by atoms with Crippen LogP contribution in [0.1, 0.15) is 26.3 Å². The molecule has 2 aromatic rings. The van der Waals surface area contributed by atoms with Crippen LogP contribution >= 0.6 is 0 Å². The van der Waals surface area contributed by atoms with Crippen molar-refractivity contribution in [2.24, 2.45) is 0 Å². The van der Waals surface area contributed by atoms with E-state index >= 15 is 0 Å². The summed E-state index contributed by atoms with van der Waals surface area (Å²) in [7, 11) is 1.56. The minimum absolute atomic E-state index is 0.143. The van der Waals surface area contributed by atoms with Gasteiger partial charge in [0, 0.05) is 11.4 Å². The second-order valence-electron chi connectivity index (χ2n) is 6.43. The Balaban J connectivity index is 2.08. The molecule has 0 bridgehead atoms. The minimum Gasteiger partial charge on any atom is -0.497 e. The number of anilines is 2. The Labute approximate surface area is 142 Å². The summed E-state index contributed by atoms with van der Waals surface area (Å²) in [6.07, 6.45) is 0. The summed E-state index contributed by atoms with van der Waals surface area (Å²) in [6, 6.07) is 14.2. The molecule has 0 aromatic heterocycles. The summed E-state index contributed by atoms with van der Waals surface area (Å²) in [5, 5.41) is 5.25. The van der Waals surface area contributed by atoms with Crippen LogP contribution in [0.3, 0.4) is 0 Å². The molecule has 0 saturated heterocycles. The van der Waals surface area contributed by atoms with Crippen molar-refractivity contribution in [3.63, 3.8) is 0 Å². The van der Waals surface area contributed by atoms with E-state index in [1.54, 1.807) is 37.4 Å². The van der Waals surface area contributed by atoms with Crippen molar-refractivity contribution < 1.29 is 14.3 Å². The number of carbonyl (C=O) groups excluding carboxylic acids is 2. The predicted octanol–water partition coefficient (Wildman–Crippen LogP) is 3.57. The fourth-order valence-corrected chi connectivity index (χ4v) is 2.29. The van der Waals surface area contributed by atoms with E-state index in [1.807, 2.05) is 18.2 Å². The van der Waals surface area contributed by atoms with Crippen LogP contribution in [0.25, 0.3) is 0 Å². The van der Waals surface area contributed by atoms with Gasteiger partial charge in [-0.25, -0.2) is 0 Å². The standard InChI is InChI=1S/C19H22N2O3/c1-19(2,3)15-7-5-6-8-16(15)21-18(23)17(22)20-13-9-11-14(24-4)12-10-13/h5-12H,1-4H3,(H,20,22)(H,21,23). The fraction of sp³-hybridized carbons (Fsp3) is 0.263. The number of para-hydroxylation sites is 1. The maximum Gasteiger partial charge on any atom is 0.314 e. The summed E-state index contributed by atoms with van der Waals surface area (Å²) in [5.41, 5.74) is 1.99. The zero-order chi connectivity index (χ0) is 17.7. The number of amides is 2. The van der Waals surface area contributed by atoms with Crippen LogP contribution in [0.2, 0.25) is 0 Å². The van der Waals surface area contributed by atoms with Gasteiger partial charge in [-0.1, -0.05) is 39.0 Å². The number of benzene rings is 2. The zero-order valence-electron chi connectivity index (χ0n) is 14.3. The van der Waals surface area contributed by atoms with Crippen LogP contribution < -0.4 is 15.4 Å². The molecule has 0 saturated carbocycles. The summed E-state index contributed by atoms with van der Waals surface area (Å²) < 4.78 is 5.05. The van der Waals surface area contributed by atoms with E-state index in [-0.39, 0.29) is 5.41 Å². The third kappa shape index (κ3) is 4.35. The lowest BCUT2D eigenvalue weighted by Crippen LogP contribution is -2.30. The Bertz CT molecular complexity index is 731. The van der Waals surface area contributed by atoms with Gasteiger partial charge in [0.1, 0.15) is 5.75 Å². The molecule has 5 nitrogen and oxygen atoms in total. The van der Waals surface area contributed by atoms with Gasteiger partial charge in [0.15, 0.2) is 0 Å². The van der Waals surface area contributed by atoms with E-state index in [4.69, 9.17) is 4.74 Å². The average Bonchev–Trinajstić information content (AvgIpc) is 2.55. The van der Waals surface area contributed by atoms with E-state index in [0.29, 0.717) is 17.1 Å². The quantitative estimate of drug-likeness (QED) is 0.847. The molecule has 24 heavy (non-hydrogen) atoms. The lowest BCUT2D eigenvalue weighted by Gasteiger charge is -2.22. The highest BCUT2D eigenvalue weighted by molar-refractivity contribution is 6.43. The molecule has 0 spiro atoms. The van der Waals surface area contributed by atoms with Crippen LogP contribution in [-0.4, -0.2) is 18.9 Å². The second-order valence-corrected chi connectivity index (χ2v) is 6.43. The SMILES string of the molecule is COc1ccc(NC(=O)C(=O)Nc2ccccc2C(C)(C)C)cc1. The van der Waals surface area contributed by atoms with Gasteiger partial charge in [-0.15, -0.1) is 0 Å². The number of rotatable bonds is 3. The maximum atomic E-state index is 12.2. The molecule has 2 aromatic carbocycles. The first kappa shape index (κ1) is 17.5. The van der Waals surface area contributed by atoms with Crippen molar-refractivity contribution in [3.05, 3.63) is 54.1 Å². The first-order valence-corrected chi connectivity index (χ1v) is 7.67. The Hall–Kier alpha value is -2.82. The van der Waals surface area contributed by atoms with Gasteiger partial charge < -0.3 is 15.4 Å². The summed E-state index contributed by atoms with van der Waals surface area (Å²) in [6.45, 7) is 6.15. The van der Waals surface area contributed by atoms with E-state index in [2.05, 4.69) is 31.4 Å². The van der Waals surface area contributed by atoms with Gasteiger partial charge in [0.25, 0.3) is 0 Å². The van der Waals surface area contributed by atoms with Crippen LogP contribution in [0.4, 0.5) is 11.4 Å². The van der Waals surface area contributed by atoms with Crippen LogP contribution in [0, 0.1) is 0 Å². The topological polar surface area (TPSA) is 67.4 Å². The smallest absolute Gasteiger partial charge is 0.314 e. The Morgan fingerprint density at radius 3 is 2.04 bits per heavy atom. The molecular weight excluding hydrogens is 304 g/mol. The molecule has 0 heterocycles. The molecule has 5 heteroatoms. The number of carbonyl (C=O) groups is 2. The number of hydrogen-bond donors (Lipinski definition) is 2. The maximum absolute atomic E-state index is 12.2. The Morgan fingerprint density at radius 1 is 0.875 bits per heavy atom. The molecule has 0 aliphatic rings. The van der Waals surface area contributed by atoms with Gasteiger partial charge >= 0.3 is 11.8 Å². The summed E-state index contributed by atoms with van der Waals surface area (Å²) in [4.78, 5) is 24.2. The van der Waals surface area contributed by atoms with Crippen molar-refractivity contribution in [1.29, 1.82) is 0 Å². The highest BCUT2D eigenvalue weighted by Gasteiger charge is 2.21. The van der Waals surface area contributed by atoms with Crippen LogP contribution in [0.5, 0.6) is 5.75 Å². The second kappa shape index (κ2) is 7.17. The number of methoxy groups -OCH3 is 1. The number of nitrogens with one attached hydrogen (secondary N) is 2. The van der Waals surface area contributed by atoms with Crippen molar-refractivity contribution in [3.8, 4) is 5.75 Å². The highest BCUT2D eigenvalue weighted by Crippen LogP contribution is 2.29. The van der Waals surface area contributed by atoms with Crippen molar-refractivity contribution in [2.75, 3.05) is 17.7 Å². The molecule has 0 unspecified atom stereocenters. The molecule has 0 aliphatic heterocycles. The van der Waals surface area contributed by atoms with E-state index < -0.39 is 11.8 Å². The molecular formula is C19H22N2O3. The highest BCUT2D eigenvalue weighted by atomic mass is 16.5.